The summed E-state index contributed by atoms with van der Waals surface area (Å²) in [5.41, 5.74) is 1.25. The van der Waals surface area contributed by atoms with Crippen LogP contribution in [-0.2, 0) is 17.3 Å². The van der Waals surface area contributed by atoms with E-state index in [9.17, 15) is 4.21 Å². The van der Waals surface area contributed by atoms with Crippen LogP contribution in [0.4, 0.5) is 0 Å². The third-order valence-corrected chi connectivity index (χ3v) is 6.35. The van der Waals surface area contributed by atoms with E-state index >= 15 is 0 Å². The van der Waals surface area contributed by atoms with E-state index in [4.69, 9.17) is 0 Å². The van der Waals surface area contributed by atoms with E-state index in [1.807, 2.05) is 23.9 Å². The predicted molar refractivity (Wildman–Crippen MR) is 94.7 cm³/mol. The highest BCUT2D eigenvalue weighted by atomic mass is 32.2. The molecule has 116 valence electrons. The Morgan fingerprint density at radius 3 is 2.36 bits per heavy atom. The number of hydrogen-bond donors (Lipinski definition) is 1. The van der Waals surface area contributed by atoms with Crippen molar-refractivity contribution in [3.8, 4) is 0 Å². The molecular weight excluding hydrogens is 310 g/mol. The van der Waals surface area contributed by atoms with Gasteiger partial charge < -0.3 is 5.32 Å². The van der Waals surface area contributed by atoms with Crippen molar-refractivity contribution in [2.24, 2.45) is 0 Å². The number of thioether (sulfide) groups is 1. The fourth-order valence-electron chi connectivity index (χ4n) is 2.43. The van der Waals surface area contributed by atoms with Crippen molar-refractivity contribution < 1.29 is 4.21 Å². The van der Waals surface area contributed by atoms with E-state index in [1.54, 1.807) is 6.26 Å². The van der Waals surface area contributed by atoms with Crippen LogP contribution in [0.15, 0.2) is 64.4 Å². The molecule has 0 aromatic heterocycles. The third-order valence-electron chi connectivity index (χ3n) is 3.92. The Balaban J connectivity index is 1.49. The molecule has 22 heavy (non-hydrogen) atoms. The van der Waals surface area contributed by atoms with Crippen LogP contribution in [0.1, 0.15) is 18.4 Å². The quantitative estimate of drug-likeness (QED) is 0.836. The molecule has 1 saturated carbocycles. The van der Waals surface area contributed by atoms with E-state index in [0.717, 1.165) is 18.0 Å². The summed E-state index contributed by atoms with van der Waals surface area (Å²) in [4.78, 5) is 2.25. The summed E-state index contributed by atoms with van der Waals surface area (Å²) in [6.45, 7) is 1.90. The Kier molecular flexibility index (Phi) is 5.01. The van der Waals surface area contributed by atoms with Gasteiger partial charge in [0.15, 0.2) is 0 Å². The molecule has 0 spiro atoms. The van der Waals surface area contributed by atoms with Crippen molar-refractivity contribution in [2.45, 2.75) is 33.9 Å². The average Bonchev–Trinajstić information content (AvgIpc) is 3.28. The summed E-state index contributed by atoms with van der Waals surface area (Å²) in [5, 5.41) is 3.58. The van der Waals surface area contributed by atoms with Gasteiger partial charge in [-0.15, -0.1) is 11.8 Å². The molecule has 0 bridgehead atoms. The van der Waals surface area contributed by atoms with Crippen molar-refractivity contribution in [1.29, 1.82) is 0 Å². The summed E-state index contributed by atoms with van der Waals surface area (Å²) < 4.78 is 11.8. The molecule has 0 aliphatic heterocycles. The maximum absolute atomic E-state index is 11.4. The van der Waals surface area contributed by atoms with Gasteiger partial charge in [-0.2, -0.15) is 0 Å². The number of nitrogens with one attached hydrogen (secondary N) is 1. The molecule has 1 unspecified atom stereocenters. The first-order valence-corrected chi connectivity index (χ1v) is 9.92. The molecule has 4 heteroatoms. The van der Waals surface area contributed by atoms with Gasteiger partial charge in [-0.1, -0.05) is 30.3 Å². The lowest BCUT2D eigenvalue weighted by atomic mass is 10.2. The van der Waals surface area contributed by atoms with E-state index < -0.39 is 10.8 Å². The third kappa shape index (κ3) is 4.22. The summed E-state index contributed by atoms with van der Waals surface area (Å²) in [7, 11) is -0.893. The highest BCUT2D eigenvalue weighted by molar-refractivity contribution is 8.01. The van der Waals surface area contributed by atoms with Crippen LogP contribution in [0.25, 0.3) is 0 Å². The van der Waals surface area contributed by atoms with Crippen molar-refractivity contribution in [1.82, 2.24) is 5.32 Å². The lowest BCUT2D eigenvalue weighted by Gasteiger charge is -2.16. The zero-order valence-corrected chi connectivity index (χ0v) is 14.4. The second-order valence-electron chi connectivity index (χ2n) is 5.80. The molecule has 0 heterocycles. The topological polar surface area (TPSA) is 29.1 Å². The van der Waals surface area contributed by atoms with Crippen LogP contribution >= 0.6 is 11.8 Å². The number of hydrogen-bond acceptors (Lipinski definition) is 3. The molecule has 1 aliphatic rings. The van der Waals surface area contributed by atoms with Crippen LogP contribution in [0.3, 0.4) is 0 Å². The van der Waals surface area contributed by atoms with Crippen molar-refractivity contribution in [3.05, 3.63) is 60.2 Å². The molecule has 2 nitrogen and oxygen atoms in total. The van der Waals surface area contributed by atoms with Gasteiger partial charge >= 0.3 is 0 Å². The maximum atomic E-state index is 11.4. The van der Waals surface area contributed by atoms with E-state index in [1.165, 1.54) is 23.3 Å². The van der Waals surface area contributed by atoms with Crippen LogP contribution in [0.5, 0.6) is 0 Å². The Bertz CT molecular complexity index is 636. The molecule has 0 amide bonds. The Morgan fingerprint density at radius 2 is 1.77 bits per heavy atom. The fraction of sp³-hybridized carbons (Fsp3) is 0.333. The van der Waals surface area contributed by atoms with Crippen LogP contribution in [0, 0.1) is 0 Å². The summed E-state index contributed by atoms with van der Waals surface area (Å²) in [6.07, 6.45) is 4.28. The van der Waals surface area contributed by atoms with Crippen molar-refractivity contribution >= 4 is 22.6 Å². The fourth-order valence-corrected chi connectivity index (χ4v) is 4.22. The standard InChI is InChI=1S/C18H21NOS2/c1-22(20)17-9-7-15(8-10-17)13-19-14-18(11-12-18)21-16-5-3-2-4-6-16/h2-10,19H,11-14H2,1H3. The van der Waals surface area contributed by atoms with Crippen LogP contribution < -0.4 is 5.32 Å². The second kappa shape index (κ2) is 6.99. The molecule has 1 atom stereocenters. The van der Waals surface area contributed by atoms with E-state index in [2.05, 4.69) is 47.8 Å². The molecule has 2 aromatic rings. The van der Waals surface area contributed by atoms with Gasteiger partial charge in [-0.05, 0) is 42.7 Å². The zero-order valence-electron chi connectivity index (χ0n) is 12.7. The first-order valence-electron chi connectivity index (χ1n) is 7.54. The Labute approximate surface area is 139 Å². The van der Waals surface area contributed by atoms with Gasteiger partial charge in [-0.3, -0.25) is 4.21 Å². The molecule has 0 radical (unpaired) electrons. The molecule has 3 rings (SSSR count). The number of rotatable bonds is 7. The lowest BCUT2D eigenvalue weighted by Crippen LogP contribution is -2.25. The van der Waals surface area contributed by atoms with Gasteiger partial charge in [0.2, 0.25) is 0 Å². The SMILES string of the molecule is CS(=O)c1ccc(CNCC2(Sc3ccccc3)CC2)cc1. The molecule has 0 saturated heterocycles. The minimum atomic E-state index is -0.893. The first-order chi connectivity index (χ1) is 10.7. The molecule has 1 N–H and O–H groups in total. The van der Waals surface area contributed by atoms with Gasteiger partial charge in [0.05, 0.1) is 0 Å². The van der Waals surface area contributed by atoms with Gasteiger partial charge in [-0.25, -0.2) is 0 Å². The van der Waals surface area contributed by atoms with Gasteiger partial charge in [0.25, 0.3) is 0 Å². The second-order valence-corrected chi connectivity index (χ2v) is 8.72. The monoisotopic (exact) mass is 331 g/mol. The van der Waals surface area contributed by atoms with E-state index in [-0.39, 0.29) is 0 Å². The van der Waals surface area contributed by atoms with Crippen LogP contribution in [-0.4, -0.2) is 21.8 Å². The minimum Gasteiger partial charge on any atom is -0.311 e. The maximum Gasteiger partial charge on any atom is 0.0498 e. The first kappa shape index (κ1) is 15.8. The number of benzene rings is 2. The Morgan fingerprint density at radius 1 is 1.09 bits per heavy atom. The van der Waals surface area contributed by atoms with Gasteiger partial charge in [0, 0.05) is 44.7 Å². The lowest BCUT2D eigenvalue weighted by molar-refractivity contribution is 0.662. The molecule has 2 aromatic carbocycles. The molecule has 1 fully saturated rings. The van der Waals surface area contributed by atoms with Crippen LogP contribution in [0.2, 0.25) is 0 Å². The van der Waals surface area contributed by atoms with Crippen molar-refractivity contribution in [3.63, 3.8) is 0 Å². The van der Waals surface area contributed by atoms with E-state index in [0.29, 0.717) is 4.75 Å². The largest absolute Gasteiger partial charge is 0.311 e. The van der Waals surface area contributed by atoms with Crippen molar-refractivity contribution in [2.75, 3.05) is 12.8 Å². The summed E-state index contributed by atoms with van der Waals surface area (Å²) >= 11 is 2.00. The predicted octanol–water partition coefficient (Wildman–Crippen LogP) is 3.84. The zero-order chi connectivity index (χ0) is 15.4. The van der Waals surface area contributed by atoms with Gasteiger partial charge in [0.1, 0.15) is 0 Å². The normalized spacial score (nSPS) is 17.1. The summed E-state index contributed by atoms with van der Waals surface area (Å²) in [6, 6.07) is 18.7. The average molecular weight is 332 g/mol. The summed E-state index contributed by atoms with van der Waals surface area (Å²) in [5.74, 6) is 0. The molecular formula is C18H21NOS2. The highest BCUT2D eigenvalue weighted by Gasteiger charge is 2.43. The highest BCUT2D eigenvalue weighted by Crippen LogP contribution is 2.51. The smallest absolute Gasteiger partial charge is 0.0498 e. The Hall–Kier alpha value is -1.10. The molecule has 1 aliphatic carbocycles. The minimum absolute atomic E-state index is 0.381.